The van der Waals surface area contributed by atoms with Crippen LogP contribution < -0.4 is 14.8 Å². The molecule has 2 aromatic rings. The lowest BCUT2D eigenvalue weighted by Crippen LogP contribution is -2.57. The van der Waals surface area contributed by atoms with Crippen LogP contribution in [0.3, 0.4) is 0 Å². The van der Waals surface area contributed by atoms with Crippen LogP contribution in [0.15, 0.2) is 42.5 Å². The largest absolute Gasteiger partial charge is 0.493 e. The van der Waals surface area contributed by atoms with Crippen LogP contribution in [0, 0.1) is 5.92 Å². The highest BCUT2D eigenvalue weighted by molar-refractivity contribution is 5.97. The van der Waals surface area contributed by atoms with Crippen LogP contribution in [-0.2, 0) is 20.9 Å². The number of amides is 2. The quantitative estimate of drug-likeness (QED) is 0.604. The van der Waals surface area contributed by atoms with Crippen molar-refractivity contribution < 1.29 is 28.5 Å². The van der Waals surface area contributed by atoms with Crippen molar-refractivity contribution in [3.8, 4) is 17.2 Å². The number of benzene rings is 2. The second kappa shape index (κ2) is 13.5. The minimum absolute atomic E-state index is 0.0110. The predicted octanol–water partition coefficient (Wildman–Crippen LogP) is 3.86. The molecule has 2 aromatic carbocycles. The smallest absolute Gasteiger partial charge is 0.254 e. The first kappa shape index (κ1) is 28.4. The summed E-state index contributed by atoms with van der Waals surface area (Å²) in [5.41, 5.74) is 1.42. The molecule has 5 rings (SSSR count). The maximum atomic E-state index is 13.5. The molecule has 40 heavy (non-hydrogen) atoms. The van der Waals surface area contributed by atoms with Gasteiger partial charge in [0, 0.05) is 45.0 Å². The van der Waals surface area contributed by atoms with Gasteiger partial charge in [0.1, 0.15) is 5.75 Å². The third-order valence-electron chi connectivity index (χ3n) is 7.96. The minimum Gasteiger partial charge on any atom is -0.493 e. The van der Waals surface area contributed by atoms with Gasteiger partial charge in [0.25, 0.3) is 5.91 Å². The monoisotopic (exact) mass is 551 g/mol. The van der Waals surface area contributed by atoms with Crippen molar-refractivity contribution in [1.82, 2.24) is 15.1 Å². The second-order valence-electron chi connectivity index (χ2n) is 11.0. The van der Waals surface area contributed by atoms with Crippen molar-refractivity contribution >= 4 is 11.8 Å². The summed E-state index contributed by atoms with van der Waals surface area (Å²) in [5, 5.41) is 3.22. The van der Waals surface area contributed by atoms with Crippen LogP contribution in [0.5, 0.6) is 17.2 Å². The Morgan fingerprint density at radius 2 is 1.93 bits per heavy atom. The average molecular weight is 552 g/mol. The van der Waals surface area contributed by atoms with E-state index in [1.54, 1.807) is 30.2 Å². The van der Waals surface area contributed by atoms with E-state index in [1.807, 2.05) is 31.2 Å². The fourth-order valence-corrected chi connectivity index (χ4v) is 5.82. The lowest BCUT2D eigenvalue weighted by Gasteiger charge is -2.40. The van der Waals surface area contributed by atoms with Gasteiger partial charge >= 0.3 is 0 Å². The molecule has 0 aromatic heterocycles. The van der Waals surface area contributed by atoms with Crippen LogP contribution in [0.2, 0.25) is 0 Å². The lowest BCUT2D eigenvalue weighted by atomic mass is 9.96. The summed E-state index contributed by atoms with van der Waals surface area (Å²) >= 11 is 0. The van der Waals surface area contributed by atoms with Gasteiger partial charge in [0.15, 0.2) is 11.5 Å². The molecule has 3 aliphatic rings. The number of nitrogens with zero attached hydrogens (tertiary/aromatic N) is 2. The number of fused-ring (bicyclic) bond motifs is 5. The lowest BCUT2D eigenvalue weighted by molar-refractivity contribution is -0.125. The van der Waals surface area contributed by atoms with Gasteiger partial charge in [-0.1, -0.05) is 19.1 Å². The molecular formula is C31H41N3O6. The number of ether oxygens (including phenoxy) is 4. The van der Waals surface area contributed by atoms with E-state index in [2.05, 4.69) is 10.2 Å². The zero-order valence-corrected chi connectivity index (χ0v) is 23.6. The number of hydrogen-bond acceptors (Lipinski definition) is 7. The fraction of sp³-hybridized carbons (Fsp3) is 0.548. The number of methoxy groups -OCH3 is 1. The van der Waals surface area contributed by atoms with Crippen LogP contribution in [0.1, 0.15) is 48.5 Å². The number of nitrogens with one attached hydrogen (secondary N) is 1. The standard InChI is InChI=1S/C31H41N3O6/c1-3-12-34-20-30(35)32-26-9-13-33(18-22-10-14-38-15-11-22)19-29(26)39-21-23-5-4-6-25(16-23)40-28-17-24(31(34)36)7-8-27(28)37-2/h4-8,16-17,22,26,29H,3,9-15,18-21H2,1-2H3,(H,32,35)/t26-,29-/m0/s1. The number of carbonyl (C=O) groups excluding carboxylic acids is 2. The molecule has 0 spiro atoms. The first-order valence-electron chi connectivity index (χ1n) is 14.5. The molecule has 216 valence electrons. The molecule has 4 bridgehead atoms. The van der Waals surface area contributed by atoms with Crippen LogP contribution in [0.25, 0.3) is 0 Å². The molecular weight excluding hydrogens is 510 g/mol. The molecule has 2 atom stereocenters. The Hall–Kier alpha value is -3.14. The molecule has 0 unspecified atom stereocenters. The Morgan fingerprint density at radius 3 is 2.73 bits per heavy atom. The first-order valence-corrected chi connectivity index (χ1v) is 14.5. The summed E-state index contributed by atoms with van der Waals surface area (Å²) in [6.45, 7) is 7.19. The summed E-state index contributed by atoms with van der Waals surface area (Å²) in [4.78, 5) is 30.9. The van der Waals surface area contributed by atoms with E-state index < -0.39 is 0 Å². The highest BCUT2D eigenvalue weighted by atomic mass is 16.5. The van der Waals surface area contributed by atoms with E-state index >= 15 is 0 Å². The fourth-order valence-electron chi connectivity index (χ4n) is 5.82. The van der Waals surface area contributed by atoms with Crippen molar-refractivity contribution in [2.45, 2.75) is 51.4 Å². The average Bonchev–Trinajstić information content (AvgIpc) is 2.97. The number of likely N-dealkylation sites (tertiary alicyclic amines) is 1. The number of rotatable bonds is 5. The van der Waals surface area contributed by atoms with E-state index in [0.717, 1.165) is 64.1 Å². The van der Waals surface area contributed by atoms with E-state index in [0.29, 0.717) is 41.9 Å². The van der Waals surface area contributed by atoms with Gasteiger partial charge in [-0.05, 0) is 67.5 Å². The molecule has 3 aliphatic heterocycles. The van der Waals surface area contributed by atoms with Crippen molar-refractivity contribution in [1.29, 1.82) is 0 Å². The zero-order chi connectivity index (χ0) is 27.9. The summed E-state index contributed by atoms with van der Waals surface area (Å²) in [7, 11) is 1.57. The van der Waals surface area contributed by atoms with E-state index in [4.69, 9.17) is 18.9 Å². The summed E-state index contributed by atoms with van der Waals surface area (Å²) in [6, 6.07) is 12.7. The van der Waals surface area contributed by atoms with E-state index in [1.165, 1.54) is 0 Å². The van der Waals surface area contributed by atoms with Gasteiger partial charge in [-0.15, -0.1) is 0 Å². The van der Waals surface area contributed by atoms with Gasteiger partial charge < -0.3 is 34.1 Å². The molecule has 2 amide bonds. The number of piperidine rings is 1. The molecule has 2 fully saturated rings. The maximum absolute atomic E-state index is 13.5. The van der Waals surface area contributed by atoms with Gasteiger partial charge in [0.05, 0.1) is 32.4 Å². The summed E-state index contributed by atoms with van der Waals surface area (Å²) < 4.78 is 23.7. The highest BCUT2D eigenvalue weighted by Crippen LogP contribution is 2.33. The topological polar surface area (TPSA) is 89.6 Å². The minimum atomic E-state index is -0.218. The summed E-state index contributed by atoms with van der Waals surface area (Å²) in [6.07, 6.45) is 3.54. The number of hydrogen-bond donors (Lipinski definition) is 1. The van der Waals surface area contributed by atoms with Crippen LogP contribution in [0.4, 0.5) is 0 Å². The van der Waals surface area contributed by atoms with Crippen molar-refractivity contribution in [2.75, 3.05) is 53.0 Å². The first-order chi connectivity index (χ1) is 19.5. The molecule has 2 saturated heterocycles. The normalized spacial score (nSPS) is 23.2. The highest BCUT2D eigenvalue weighted by Gasteiger charge is 2.33. The Bertz CT molecular complexity index is 1170. The predicted molar refractivity (Wildman–Crippen MR) is 151 cm³/mol. The van der Waals surface area contributed by atoms with Crippen molar-refractivity contribution in [3.05, 3.63) is 53.6 Å². The van der Waals surface area contributed by atoms with Gasteiger partial charge in [-0.2, -0.15) is 0 Å². The van der Waals surface area contributed by atoms with Gasteiger partial charge in [-0.3, -0.25) is 9.59 Å². The van der Waals surface area contributed by atoms with E-state index in [9.17, 15) is 9.59 Å². The molecule has 0 aliphatic carbocycles. The Morgan fingerprint density at radius 1 is 1.07 bits per heavy atom. The third-order valence-corrected chi connectivity index (χ3v) is 7.96. The van der Waals surface area contributed by atoms with Crippen LogP contribution >= 0.6 is 0 Å². The Kier molecular flexibility index (Phi) is 9.57. The molecule has 9 heteroatoms. The maximum Gasteiger partial charge on any atom is 0.254 e. The SMILES string of the molecule is CCCN1CC(=O)N[C@H]2CCN(CC3CCOCC3)C[C@@H]2OCc2cccc(c2)Oc2cc(ccc2OC)C1=O. The molecule has 0 radical (unpaired) electrons. The van der Waals surface area contributed by atoms with Crippen molar-refractivity contribution in [2.24, 2.45) is 5.92 Å². The molecule has 0 saturated carbocycles. The second-order valence-corrected chi connectivity index (χ2v) is 11.0. The van der Waals surface area contributed by atoms with E-state index in [-0.39, 0.29) is 30.5 Å². The number of carbonyl (C=O) groups is 2. The third kappa shape index (κ3) is 7.13. The zero-order valence-electron chi connectivity index (χ0n) is 23.6. The Balaban J connectivity index is 1.41. The molecule has 1 N–H and O–H groups in total. The molecule has 3 heterocycles. The van der Waals surface area contributed by atoms with Gasteiger partial charge in [0.2, 0.25) is 5.91 Å². The van der Waals surface area contributed by atoms with Crippen molar-refractivity contribution in [3.63, 3.8) is 0 Å². The summed E-state index contributed by atoms with van der Waals surface area (Å²) in [5.74, 6) is 1.84. The van der Waals surface area contributed by atoms with Gasteiger partial charge in [-0.25, -0.2) is 0 Å². The molecule has 9 nitrogen and oxygen atoms in total. The van der Waals surface area contributed by atoms with Crippen LogP contribution in [-0.4, -0.2) is 86.8 Å². The Labute approximate surface area is 236 Å².